The second-order valence-electron chi connectivity index (χ2n) is 25.0. The Morgan fingerprint density at radius 3 is 1.04 bits per heavy atom. The molecular weight excluding hydrogens is 941 g/mol. The first-order valence-electron chi connectivity index (χ1n) is 26.4. The van der Waals surface area contributed by atoms with E-state index in [1.54, 1.807) is 12.2 Å². The van der Waals surface area contributed by atoms with Crippen molar-refractivity contribution in [2.75, 3.05) is 13.1 Å². The fourth-order valence-electron chi connectivity index (χ4n) is 13.7. The maximum atomic E-state index is 14.6. The molecule has 2 aliphatic rings. The first kappa shape index (κ1) is 48.8. The maximum Gasteiger partial charge on any atom is 0.261 e. The minimum absolute atomic E-state index is 0.0665. The molecule has 0 atom stereocenters. The number of rotatable bonds is 12. The van der Waals surface area contributed by atoms with E-state index in [0.717, 1.165) is 77.5 Å². The second-order valence-corrected chi connectivity index (χ2v) is 25.0. The van der Waals surface area contributed by atoms with Crippen LogP contribution in [0.25, 0.3) is 75.4 Å². The van der Waals surface area contributed by atoms with Crippen LogP contribution in [0.1, 0.15) is 135 Å². The summed E-state index contributed by atoms with van der Waals surface area (Å²) in [5.74, 6) is 0.659. The van der Waals surface area contributed by atoms with Crippen molar-refractivity contribution in [1.82, 2.24) is 9.80 Å². The van der Waals surface area contributed by atoms with E-state index < -0.39 is 11.8 Å². The quantitative estimate of drug-likeness (QED) is 0.0524. The van der Waals surface area contributed by atoms with Gasteiger partial charge in [-0.2, -0.15) is 0 Å². The molecule has 2 heterocycles. The molecule has 0 aromatic heterocycles. The second kappa shape index (κ2) is 16.7. The average Bonchev–Trinajstić information content (AvgIpc) is 3.56. The smallest absolute Gasteiger partial charge is 0.261 e. The molecule has 10 aromatic carbocycles. The van der Waals surface area contributed by atoms with Crippen LogP contribution in [0.5, 0.6) is 23.0 Å². The minimum atomic E-state index is -0.404. The number of imide groups is 2. The molecule has 76 heavy (non-hydrogen) atoms. The van der Waals surface area contributed by atoms with Gasteiger partial charge in [-0.05, 0) is 137 Å². The standard InChI is InChI=1S/C68H62N2O6/c1-13-31-69-61(71)47-29-25-43-41-23-28-46-54-42(24-27-45(53(41)54)57-51(33-49(63(69)73)55(47)59(43)57)75-39-19-15-37(16-20-39)67(9,10)35-65(3,4)5)44-26-30-48-56-50(64(74)70(32-14-2)62(48)72)34-52(58(46)60(44)56)76-40-21-17-38(18-22-40)68(11,12)36-66(6,7)8/h13-30,33-34H,1-2,31-32,35-36H2,3-12H3. The molecule has 0 radical (unpaired) electrons. The van der Waals surface area contributed by atoms with Crippen LogP contribution >= 0.6 is 0 Å². The Kier molecular flexibility index (Phi) is 10.7. The number of benzene rings is 10. The first-order chi connectivity index (χ1) is 36.0. The van der Waals surface area contributed by atoms with Gasteiger partial charge >= 0.3 is 0 Å². The van der Waals surface area contributed by atoms with Crippen molar-refractivity contribution >= 4 is 99.0 Å². The van der Waals surface area contributed by atoms with E-state index in [0.29, 0.717) is 56.0 Å². The van der Waals surface area contributed by atoms with Crippen LogP contribution in [-0.2, 0) is 10.8 Å². The molecule has 8 nitrogen and oxygen atoms in total. The van der Waals surface area contributed by atoms with E-state index in [1.165, 1.54) is 20.9 Å². The predicted octanol–water partition coefficient (Wildman–Crippen LogP) is 17.2. The Bertz CT molecular complexity index is 3910. The third-order valence-corrected chi connectivity index (χ3v) is 16.0. The first-order valence-corrected chi connectivity index (χ1v) is 26.4. The molecule has 8 heteroatoms. The summed E-state index contributed by atoms with van der Waals surface area (Å²) in [6, 6.07) is 36.3. The number of nitrogens with zero attached hydrogens (tertiary/aromatic N) is 2. The highest BCUT2D eigenvalue weighted by molar-refractivity contribution is 6.46. The number of hydrogen-bond donors (Lipinski definition) is 0. The molecule has 0 unspecified atom stereocenters. The van der Waals surface area contributed by atoms with Gasteiger partial charge in [0.15, 0.2) is 0 Å². The molecule has 0 fully saturated rings. The lowest BCUT2D eigenvalue weighted by molar-refractivity contribution is 0.0613. The van der Waals surface area contributed by atoms with E-state index >= 15 is 0 Å². The molecular formula is C68H62N2O6. The van der Waals surface area contributed by atoms with E-state index in [1.807, 2.05) is 60.7 Å². The molecule has 0 bridgehead atoms. The lowest BCUT2D eigenvalue weighted by Crippen LogP contribution is -2.40. The number of fused-ring (bicyclic) bond motifs is 4. The Morgan fingerprint density at radius 1 is 0.382 bits per heavy atom. The number of carbonyl (C=O) groups excluding carboxylic acids is 4. The van der Waals surface area contributed by atoms with Gasteiger partial charge in [0, 0.05) is 56.5 Å². The van der Waals surface area contributed by atoms with E-state index in [9.17, 15) is 19.2 Å². The van der Waals surface area contributed by atoms with Crippen molar-refractivity contribution < 1.29 is 28.7 Å². The van der Waals surface area contributed by atoms with Gasteiger partial charge in [0.25, 0.3) is 23.6 Å². The molecule has 0 saturated heterocycles. The van der Waals surface area contributed by atoms with Crippen molar-refractivity contribution in [2.45, 2.75) is 92.9 Å². The summed E-state index contributed by atoms with van der Waals surface area (Å²) in [6.07, 6.45) is 5.12. The summed E-state index contributed by atoms with van der Waals surface area (Å²) >= 11 is 0. The van der Waals surface area contributed by atoms with Gasteiger partial charge in [0.2, 0.25) is 0 Å². The van der Waals surface area contributed by atoms with Crippen LogP contribution in [0, 0.1) is 10.8 Å². The molecule has 0 saturated carbocycles. The Labute approximate surface area is 443 Å². The molecule has 0 aliphatic carbocycles. The van der Waals surface area contributed by atoms with Crippen LogP contribution in [0.4, 0.5) is 0 Å². The predicted molar refractivity (Wildman–Crippen MR) is 310 cm³/mol. The zero-order chi connectivity index (χ0) is 53.7. The van der Waals surface area contributed by atoms with Gasteiger partial charge in [0.1, 0.15) is 23.0 Å². The van der Waals surface area contributed by atoms with E-state index in [-0.39, 0.29) is 46.6 Å². The van der Waals surface area contributed by atoms with Crippen LogP contribution in [0.3, 0.4) is 0 Å². The Morgan fingerprint density at radius 2 is 0.697 bits per heavy atom. The monoisotopic (exact) mass is 1000 g/mol. The number of carbonyl (C=O) groups is 4. The average molecular weight is 1000 g/mol. The lowest BCUT2D eigenvalue weighted by Gasteiger charge is -2.33. The molecule has 0 N–H and O–H groups in total. The number of amides is 4. The maximum absolute atomic E-state index is 14.6. The molecule has 10 aromatic rings. The summed E-state index contributed by atoms with van der Waals surface area (Å²) < 4.78 is 14.1. The summed E-state index contributed by atoms with van der Waals surface area (Å²) in [4.78, 5) is 60.2. The zero-order valence-electron chi connectivity index (χ0n) is 45.1. The molecule has 4 amide bonds. The summed E-state index contributed by atoms with van der Waals surface area (Å²) in [5, 5.41) is 11.6. The highest BCUT2D eigenvalue weighted by atomic mass is 16.5. The Balaban J connectivity index is 1.14. The van der Waals surface area contributed by atoms with Crippen molar-refractivity contribution in [3.63, 3.8) is 0 Å². The highest BCUT2D eigenvalue weighted by Crippen LogP contribution is 2.54. The van der Waals surface area contributed by atoms with Crippen LogP contribution < -0.4 is 9.47 Å². The Hall–Kier alpha value is -8.10. The lowest BCUT2D eigenvalue weighted by atomic mass is 9.72. The van der Waals surface area contributed by atoms with E-state index in [4.69, 9.17) is 9.47 Å². The normalized spacial score (nSPS) is 14.6. The highest BCUT2D eigenvalue weighted by Gasteiger charge is 2.38. The van der Waals surface area contributed by atoms with Crippen molar-refractivity contribution in [2.24, 2.45) is 10.8 Å². The van der Waals surface area contributed by atoms with Crippen molar-refractivity contribution in [3.05, 3.63) is 168 Å². The molecule has 380 valence electrons. The molecule has 12 rings (SSSR count). The molecule has 2 aliphatic heterocycles. The number of ether oxygens (including phenoxy) is 2. The van der Waals surface area contributed by atoms with Crippen LogP contribution in [0.15, 0.2) is 135 Å². The van der Waals surface area contributed by atoms with Gasteiger partial charge in [-0.3, -0.25) is 29.0 Å². The van der Waals surface area contributed by atoms with Gasteiger partial charge in [-0.25, -0.2) is 0 Å². The number of hydrogen-bond acceptors (Lipinski definition) is 6. The van der Waals surface area contributed by atoms with Gasteiger partial charge in [0.05, 0.1) is 11.1 Å². The molecule has 0 spiro atoms. The van der Waals surface area contributed by atoms with Crippen molar-refractivity contribution in [1.29, 1.82) is 0 Å². The van der Waals surface area contributed by atoms with Gasteiger partial charge in [-0.1, -0.05) is 142 Å². The fraction of sp³-hybridized carbons (Fsp3) is 0.265. The van der Waals surface area contributed by atoms with Gasteiger partial charge in [-0.15, -0.1) is 13.2 Å². The van der Waals surface area contributed by atoms with Crippen molar-refractivity contribution in [3.8, 4) is 23.0 Å². The topological polar surface area (TPSA) is 93.2 Å². The van der Waals surface area contributed by atoms with Crippen LogP contribution in [0.2, 0.25) is 0 Å². The van der Waals surface area contributed by atoms with Crippen LogP contribution in [-0.4, -0.2) is 46.5 Å². The SMILES string of the molecule is C=CCN1C(=O)c2ccc3c4ccc5c6c(Oc7ccc(C(C)(C)CC(C)(C)C)cc7)cc7c8c(ccc(c9ccc(c%10c(Oc%11ccc(C(C)(C)CC(C)(C)C)cc%11)cc(c2c3%10)C1=O)c4c95)c86)C(=O)N(CC=C)C7=O. The fourth-order valence-corrected chi connectivity index (χ4v) is 13.7. The van der Waals surface area contributed by atoms with E-state index in [2.05, 4.69) is 131 Å². The third kappa shape index (κ3) is 7.38. The van der Waals surface area contributed by atoms with Gasteiger partial charge < -0.3 is 9.47 Å². The zero-order valence-corrected chi connectivity index (χ0v) is 45.1. The third-order valence-electron chi connectivity index (χ3n) is 16.0. The largest absolute Gasteiger partial charge is 0.457 e. The summed E-state index contributed by atoms with van der Waals surface area (Å²) in [7, 11) is 0. The minimum Gasteiger partial charge on any atom is -0.457 e. The summed E-state index contributed by atoms with van der Waals surface area (Å²) in [6.45, 7) is 30.5. The summed E-state index contributed by atoms with van der Waals surface area (Å²) in [5.41, 5.74) is 4.13.